The topological polar surface area (TPSA) is 75.5 Å². The maximum Gasteiger partial charge on any atom is 0.230 e. The summed E-state index contributed by atoms with van der Waals surface area (Å²) >= 11 is 0. The first kappa shape index (κ1) is 15.7. The van der Waals surface area contributed by atoms with Crippen LogP contribution in [0.3, 0.4) is 0 Å². The highest BCUT2D eigenvalue weighted by molar-refractivity contribution is 5.82. The highest BCUT2D eigenvalue weighted by Gasteiger charge is 2.53. The molecule has 2 saturated carbocycles. The fraction of sp³-hybridized carbons (Fsp3) is 0.938. The van der Waals surface area contributed by atoms with E-state index < -0.39 is 6.04 Å². The fourth-order valence-corrected chi connectivity index (χ4v) is 4.00. The second kappa shape index (κ2) is 6.94. The Kier molecular flexibility index (Phi) is 4.96. The van der Waals surface area contributed by atoms with E-state index in [2.05, 4.69) is 10.2 Å². The number of nitro groups is 1. The Hall–Kier alpha value is -1.17. The van der Waals surface area contributed by atoms with Crippen molar-refractivity contribution in [3.05, 3.63) is 10.1 Å². The molecule has 0 aromatic rings. The van der Waals surface area contributed by atoms with E-state index in [0.717, 1.165) is 31.8 Å². The highest BCUT2D eigenvalue weighted by Crippen LogP contribution is 2.33. The minimum Gasteiger partial charge on any atom is -0.353 e. The van der Waals surface area contributed by atoms with Crippen molar-refractivity contribution in [3.63, 3.8) is 0 Å². The molecule has 3 fully saturated rings. The summed E-state index contributed by atoms with van der Waals surface area (Å²) in [5.74, 6) is 0.384. The summed E-state index contributed by atoms with van der Waals surface area (Å²) in [6.07, 6.45) is 9.30. The number of piperidine rings is 1. The van der Waals surface area contributed by atoms with Crippen LogP contribution in [0.15, 0.2) is 0 Å². The van der Waals surface area contributed by atoms with Crippen molar-refractivity contribution in [3.8, 4) is 0 Å². The van der Waals surface area contributed by atoms with Gasteiger partial charge < -0.3 is 10.2 Å². The Balaban J connectivity index is 1.35. The number of hydrogen-bond donors (Lipinski definition) is 1. The van der Waals surface area contributed by atoms with Gasteiger partial charge in [0.15, 0.2) is 0 Å². The second-order valence-electron chi connectivity index (χ2n) is 7.28. The smallest absolute Gasteiger partial charge is 0.230 e. The molecule has 0 unspecified atom stereocenters. The van der Waals surface area contributed by atoms with Gasteiger partial charge in [0.2, 0.25) is 11.9 Å². The van der Waals surface area contributed by atoms with Crippen molar-refractivity contribution in [2.24, 2.45) is 11.8 Å². The van der Waals surface area contributed by atoms with Crippen molar-refractivity contribution in [1.29, 1.82) is 0 Å². The summed E-state index contributed by atoms with van der Waals surface area (Å²) in [7, 11) is 0. The molecule has 124 valence electrons. The Bertz CT molecular complexity index is 415. The number of carbonyl (C=O) groups excluding carboxylic acids is 1. The van der Waals surface area contributed by atoms with Gasteiger partial charge in [0.1, 0.15) is 5.92 Å². The average molecular weight is 309 g/mol. The second-order valence-corrected chi connectivity index (χ2v) is 7.28. The summed E-state index contributed by atoms with van der Waals surface area (Å²) < 4.78 is 0. The van der Waals surface area contributed by atoms with Gasteiger partial charge in [0.05, 0.1) is 0 Å². The van der Waals surface area contributed by atoms with Gasteiger partial charge in [0.25, 0.3) is 0 Å². The SMILES string of the molecule is O=C(NC1CCN(CC2CCCCC2)CC1)[C@@H]1C[C@@H]1[N+](=O)[O-]. The molecular formula is C16H27N3O3. The molecule has 0 aromatic carbocycles. The van der Waals surface area contributed by atoms with E-state index in [1.165, 1.54) is 38.6 Å². The molecule has 22 heavy (non-hydrogen) atoms. The van der Waals surface area contributed by atoms with Gasteiger partial charge in [-0.2, -0.15) is 0 Å². The number of nitrogens with zero attached hydrogens (tertiary/aromatic N) is 2. The molecule has 1 heterocycles. The third-order valence-electron chi connectivity index (χ3n) is 5.54. The van der Waals surface area contributed by atoms with Crippen LogP contribution in [-0.2, 0) is 4.79 Å². The van der Waals surface area contributed by atoms with E-state index in [1.807, 2.05) is 0 Å². The quantitative estimate of drug-likeness (QED) is 0.621. The van der Waals surface area contributed by atoms with E-state index in [9.17, 15) is 14.9 Å². The first-order chi connectivity index (χ1) is 10.6. The summed E-state index contributed by atoms with van der Waals surface area (Å²) in [5.41, 5.74) is 0. The fourth-order valence-electron chi connectivity index (χ4n) is 4.00. The third kappa shape index (κ3) is 3.97. The van der Waals surface area contributed by atoms with Gasteiger partial charge in [-0.25, -0.2) is 0 Å². The molecule has 6 nitrogen and oxygen atoms in total. The van der Waals surface area contributed by atoms with Crippen molar-refractivity contribution in [2.45, 2.75) is 63.5 Å². The lowest BCUT2D eigenvalue weighted by Gasteiger charge is -2.35. The molecule has 1 saturated heterocycles. The molecule has 6 heteroatoms. The number of nitrogens with one attached hydrogen (secondary N) is 1. The average Bonchev–Trinajstić information content (AvgIpc) is 3.31. The Labute approximate surface area is 131 Å². The lowest BCUT2D eigenvalue weighted by Crippen LogP contribution is -2.46. The number of rotatable bonds is 5. The molecule has 0 bridgehead atoms. The molecular weight excluding hydrogens is 282 g/mol. The van der Waals surface area contributed by atoms with Gasteiger partial charge in [-0.05, 0) is 31.6 Å². The minimum atomic E-state index is -0.633. The van der Waals surface area contributed by atoms with Gasteiger partial charge in [-0.1, -0.05) is 19.3 Å². The monoisotopic (exact) mass is 309 g/mol. The van der Waals surface area contributed by atoms with Gasteiger partial charge in [0, 0.05) is 37.0 Å². The standard InChI is InChI=1S/C16H27N3O3/c20-16(14-10-15(14)19(21)22)17-13-6-8-18(9-7-13)11-12-4-2-1-3-5-12/h12-15H,1-11H2,(H,17,20)/t14-,15+/m1/s1. The van der Waals surface area contributed by atoms with E-state index in [1.54, 1.807) is 0 Å². The van der Waals surface area contributed by atoms with Crippen LogP contribution < -0.4 is 5.32 Å². The lowest BCUT2D eigenvalue weighted by molar-refractivity contribution is -0.497. The van der Waals surface area contributed by atoms with Gasteiger partial charge >= 0.3 is 0 Å². The van der Waals surface area contributed by atoms with Gasteiger partial charge in [-0.3, -0.25) is 14.9 Å². The molecule has 1 amide bonds. The van der Waals surface area contributed by atoms with Gasteiger partial charge in [-0.15, -0.1) is 0 Å². The van der Waals surface area contributed by atoms with Crippen LogP contribution in [0, 0.1) is 22.0 Å². The van der Waals surface area contributed by atoms with Crippen LogP contribution in [0.1, 0.15) is 51.4 Å². The van der Waals surface area contributed by atoms with E-state index >= 15 is 0 Å². The first-order valence-electron chi connectivity index (χ1n) is 8.79. The molecule has 2 aliphatic carbocycles. The molecule has 2 atom stereocenters. The van der Waals surface area contributed by atoms with Crippen LogP contribution >= 0.6 is 0 Å². The number of amides is 1. The van der Waals surface area contributed by atoms with E-state index in [4.69, 9.17) is 0 Å². The van der Waals surface area contributed by atoms with E-state index in [-0.39, 0.29) is 22.8 Å². The number of carbonyl (C=O) groups is 1. The highest BCUT2D eigenvalue weighted by atomic mass is 16.6. The Morgan fingerprint density at radius 3 is 2.41 bits per heavy atom. The zero-order valence-electron chi connectivity index (χ0n) is 13.2. The summed E-state index contributed by atoms with van der Waals surface area (Å²) in [6.45, 7) is 3.31. The maximum atomic E-state index is 12.0. The first-order valence-corrected chi connectivity index (χ1v) is 8.79. The Morgan fingerprint density at radius 1 is 1.14 bits per heavy atom. The summed E-state index contributed by atoms with van der Waals surface area (Å²) in [4.78, 5) is 24.8. The third-order valence-corrected chi connectivity index (χ3v) is 5.54. The predicted octanol–water partition coefficient (Wildman–Crippen LogP) is 1.81. The number of hydrogen-bond acceptors (Lipinski definition) is 4. The van der Waals surface area contributed by atoms with Crippen LogP contribution in [-0.4, -0.2) is 47.4 Å². The molecule has 1 N–H and O–H groups in total. The largest absolute Gasteiger partial charge is 0.353 e. The van der Waals surface area contributed by atoms with Crippen LogP contribution in [0.25, 0.3) is 0 Å². The molecule has 0 aromatic heterocycles. The van der Waals surface area contributed by atoms with Crippen molar-refractivity contribution in [1.82, 2.24) is 10.2 Å². The minimum absolute atomic E-state index is 0.104. The zero-order valence-corrected chi connectivity index (χ0v) is 13.2. The van der Waals surface area contributed by atoms with Crippen molar-refractivity contribution < 1.29 is 9.72 Å². The molecule has 0 radical (unpaired) electrons. The molecule has 3 aliphatic rings. The maximum absolute atomic E-state index is 12.0. The predicted molar refractivity (Wildman–Crippen MR) is 83.1 cm³/mol. The Morgan fingerprint density at radius 2 is 1.82 bits per heavy atom. The molecule has 0 spiro atoms. The van der Waals surface area contributed by atoms with Crippen molar-refractivity contribution in [2.75, 3.05) is 19.6 Å². The van der Waals surface area contributed by atoms with Crippen molar-refractivity contribution >= 4 is 5.91 Å². The zero-order chi connectivity index (χ0) is 15.5. The van der Waals surface area contributed by atoms with Crippen LogP contribution in [0.5, 0.6) is 0 Å². The number of likely N-dealkylation sites (tertiary alicyclic amines) is 1. The normalized spacial score (nSPS) is 30.9. The lowest BCUT2D eigenvalue weighted by atomic mass is 9.88. The van der Waals surface area contributed by atoms with Crippen LogP contribution in [0.2, 0.25) is 0 Å². The summed E-state index contributed by atoms with van der Waals surface area (Å²) in [6, 6.07) is -0.422. The summed E-state index contributed by atoms with van der Waals surface area (Å²) in [5, 5.41) is 13.6. The molecule has 1 aliphatic heterocycles. The molecule has 3 rings (SSSR count). The van der Waals surface area contributed by atoms with E-state index in [0.29, 0.717) is 6.42 Å². The van der Waals surface area contributed by atoms with Crippen LogP contribution in [0.4, 0.5) is 0 Å².